The smallest absolute Gasteiger partial charge is 0.325 e. The second kappa shape index (κ2) is 33.4. The van der Waals surface area contributed by atoms with E-state index in [1.165, 1.54) is 68.6 Å². The lowest BCUT2D eigenvalue weighted by Crippen LogP contribution is -2.61. The molecule has 1 unspecified atom stereocenters. The number of benzene rings is 6. The van der Waals surface area contributed by atoms with Crippen LogP contribution in [0.1, 0.15) is 135 Å². The summed E-state index contributed by atoms with van der Waals surface area (Å²) in [5.74, 6) is -13.2. The Hall–Kier alpha value is -11.4. The number of aliphatic hydroxyl groups is 5. The van der Waals surface area contributed by atoms with Gasteiger partial charge in [0, 0.05) is 41.4 Å². The first-order valence-corrected chi connectivity index (χ1v) is 38.4. The summed E-state index contributed by atoms with van der Waals surface area (Å²) in [4.78, 5) is 149. The number of hydrogen-bond donors (Lipinski definition) is 20. The van der Waals surface area contributed by atoms with Gasteiger partial charge in [0.1, 0.15) is 114 Å². The molecule has 4 saturated carbocycles. The number of rotatable bonds is 14. The number of amides is 11. The summed E-state index contributed by atoms with van der Waals surface area (Å²) < 4.78 is 31.8. The number of aliphatic hydroxyl groups excluding tert-OH is 5. The Morgan fingerprint density at radius 3 is 1.96 bits per heavy atom. The largest absolute Gasteiger partial charge is 0.508 e. The van der Waals surface area contributed by atoms with Crippen molar-refractivity contribution >= 4 is 76.5 Å². The minimum Gasteiger partial charge on any atom is -0.508 e. The maximum Gasteiger partial charge on any atom is 0.325 e. The van der Waals surface area contributed by atoms with E-state index in [4.69, 9.17) is 41.0 Å². The van der Waals surface area contributed by atoms with Crippen LogP contribution in [-0.2, 0) is 47.9 Å². The van der Waals surface area contributed by atoms with Gasteiger partial charge in [0.15, 0.2) is 11.5 Å². The molecule has 0 radical (unpaired) electrons. The molecule has 18 bridgehead atoms. The number of ether oxygens (including phenoxy) is 5. The van der Waals surface area contributed by atoms with Crippen LogP contribution in [0.3, 0.4) is 0 Å². The minimum absolute atomic E-state index is 0.0703. The first-order valence-electron chi connectivity index (χ1n) is 38.1. The van der Waals surface area contributed by atoms with Gasteiger partial charge in [-0.25, -0.2) is 4.79 Å². The molecule has 7 heterocycles. The highest BCUT2D eigenvalue weighted by atomic mass is 35.5. The third-order valence-corrected chi connectivity index (χ3v) is 22.9. The molecule has 614 valence electrons. The lowest BCUT2D eigenvalue weighted by molar-refractivity contribution is -0.277. The fourth-order valence-electron chi connectivity index (χ4n) is 17.1. The Kier molecular flexibility index (Phi) is 23.4. The highest BCUT2D eigenvalue weighted by Crippen LogP contribution is 2.55. The molecule has 17 rings (SSSR count). The summed E-state index contributed by atoms with van der Waals surface area (Å²) in [5.41, 5.74) is 4.82. The van der Waals surface area contributed by atoms with Crippen molar-refractivity contribution in [3.63, 3.8) is 0 Å². The molecule has 0 spiro atoms. The van der Waals surface area contributed by atoms with Gasteiger partial charge < -0.3 is 123 Å². The summed E-state index contributed by atoms with van der Waals surface area (Å²) in [6.07, 6.45) is -11.0. The summed E-state index contributed by atoms with van der Waals surface area (Å²) in [7, 11) is 1.46. The second-order valence-corrected chi connectivity index (χ2v) is 31.5. The van der Waals surface area contributed by atoms with Crippen LogP contribution in [0.4, 0.5) is 10.5 Å². The number of fused-ring (bicyclic) bond motifs is 16. The average molecular weight is 1620 g/mol. The summed E-state index contributed by atoms with van der Waals surface area (Å²) in [5, 5.41) is 124. The predicted octanol–water partition coefficient (Wildman–Crippen LogP) is 2.47. The molecule has 4 aliphatic carbocycles. The quantitative estimate of drug-likeness (QED) is 0.0696. The van der Waals surface area contributed by atoms with Crippen molar-refractivity contribution in [1.29, 1.82) is 0 Å². The number of anilines is 1. The zero-order valence-electron chi connectivity index (χ0n) is 63.0. The van der Waals surface area contributed by atoms with E-state index in [9.17, 15) is 60.0 Å². The van der Waals surface area contributed by atoms with Gasteiger partial charge >= 0.3 is 6.03 Å². The van der Waals surface area contributed by atoms with Gasteiger partial charge in [-0.3, -0.25) is 48.5 Å². The molecule has 11 aliphatic rings. The predicted molar refractivity (Wildman–Crippen MR) is 408 cm³/mol. The minimum atomic E-state index is -2.36. The number of carbonyl (C=O) groups is 10. The van der Waals surface area contributed by atoms with Crippen molar-refractivity contribution < 1.29 is 112 Å². The molecule has 36 heteroatoms. The number of urea groups is 1. The van der Waals surface area contributed by atoms with Gasteiger partial charge in [-0.1, -0.05) is 43.6 Å². The van der Waals surface area contributed by atoms with Gasteiger partial charge in [0.25, 0.3) is 0 Å². The Balaban J connectivity index is 0.932. The maximum absolute atomic E-state index is 16.4. The average Bonchev–Trinajstić information content (AvgIpc) is 0.759. The van der Waals surface area contributed by atoms with Gasteiger partial charge in [-0.05, 0) is 182 Å². The number of phenolic OH excluding ortho intramolecular Hbond substituents is 3. The van der Waals surface area contributed by atoms with Crippen molar-refractivity contribution in [1.82, 2.24) is 53.2 Å². The molecule has 21 N–H and O–H groups in total. The zero-order valence-corrected chi connectivity index (χ0v) is 63.7. The number of nitrogens with one attached hydrogen (secondary N) is 11. The first-order chi connectivity index (χ1) is 55.3. The van der Waals surface area contributed by atoms with E-state index in [0.29, 0.717) is 17.6 Å². The molecule has 6 aromatic rings. The van der Waals surface area contributed by atoms with Crippen LogP contribution < -0.4 is 83.2 Å². The van der Waals surface area contributed by atoms with Crippen LogP contribution in [0, 0.1) is 29.6 Å². The number of halogens is 1. The molecule has 1 saturated heterocycles. The van der Waals surface area contributed by atoms with E-state index in [0.717, 1.165) is 80.6 Å². The third kappa shape index (κ3) is 16.9. The highest BCUT2D eigenvalue weighted by molar-refractivity contribution is 6.32. The van der Waals surface area contributed by atoms with Crippen LogP contribution in [0.5, 0.6) is 51.7 Å². The van der Waals surface area contributed by atoms with E-state index < -0.39 is 191 Å². The second-order valence-electron chi connectivity index (χ2n) is 31.1. The van der Waals surface area contributed by atoms with Crippen molar-refractivity contribution in [2.24, 2.45) is 35.3 Å². The number of nitrogens with two attached hydrogens (primary N) is 1. The summed E-state index contributed by atoms with van der Waals surface area (Å²) in [6, 6.07) is 3.16. The van der Waals surface area contributed by atoms with E-state index in [2.05, 4.69) is 58.5 Å². The summed E-state index contributed by atoms with van der Waals surface area (Å²) >= 11 is 7.17. The number of likely N-dealkylation sites (N-methyl/N-ethyl adjacent to an activating group) is 1. The third-order valence-electron chi connectivity index (χ3n) is 22.6. The first kappa shape index (κ1) is 81.2. The lowest BCUT2D eigenvalue weighted by atomic mass is 9.54. The molecule has 35 nitrogen and oxygen atoms in total. The number of aromatic hydroxyl groups is 3. The number of hydrogen-bond acceptors (Lipinski definition) is 25. The molecular weight excluding hydrogens is 1530 g/mol. The fraction of sp³-hybridized carbons (Fsp3) is 0.425. The molecule has 7 aliphatic heterocycles. The normalized spacial score (nSPS) is 28.6. The molecule has 6 aromatic carbocycles. The Morgan fingerprint density at radius 2 is 1.28 bits per heavy atom. The molecule has 5 fully saturated rings. The van der Waals surface area contributed by atoms with E-state index in [-0.39, 0.29) is 110 Å². The van der Waals surface area contributed by atoms with Crippen LogP contribution in [-0.4, -0.2) is 181 Å². The standard InChI is InChI=1S/C80H89ClN12O23/c1-31(2)17-48(83-4)72(104)92-63-65(99)36-6-13-52-45(24-36)58(82)71-68(102)67(101)69(103)79(116-71)115-70-54(113-52)26-40-27-55(70)114-53-14-7-37(25-47(53)81)66(100)64-78(110)91-62(76(108)88-59-38-19-33-18-34(21-38)22-39(59)20-33)46-28-42(95)29-51(97)57(46)44-23-35(5-12-50(44)96)60(74(106)93-64)90-75(107)61(40)89-73(105)49(86-77(63)109)30-56(98)87-80(111)85-41-8-10-43(11-9-41)112-16-15-84-32(3)94/h5-14,23-29,31,33-34,38-39,48-49,58-69,71,79,83,95-97,99-103H,15-22,30,82H2,1-4H3,(H,84,94)(H,86,109)(H,88,108)(H,89,105)(H,90,107)(H,91,110)(H,92,104)(H,93,106)(H2,85,87,98,111)/t33?,34?,38?,39?,48-,49+,58?,59?,60-,61-,62+,63-,64+,65-,66-,67+,68+,69-,71-,79-/m1/s1. The van der Waals surface area contributed by atoms with E-state index in [1.807, 2.05) is 13.8 Å². The number of carbonyl (C=O) groups excluding carboxylic acids is 10. The van der Waals surface area contributed by atoms with Crippen LogP contribution in [0.25, 0.3) is 11.1 Å². The van der Waals surface area contributed by atoms with Gasteiger partial charge in [0.05, 0.1) is 30.1 Å². The SMILES string of the molecule is CN[C@H](CC(C)C)C(=O)N[C@H]1C(=O)N[C@@H](CC(=O)NC(=O)Nc2ccc(OCCNC(C)=O)cc2)C(=O)N[C@H]2C(=O)N[C@H]3C(=O)N[C@H](C(=O)N[C@H](C(=O)NC4C5CC6CC(C5)CC4C6)c4cc(O)cc(O)c4-c4cc3ccc4O)[C@H](O)c3ccc(c(Cl)c3)Oc3cc2cc2c3O[C@@H]3O[C@H](C(N)c4cc(ccc4O2)[C@H]1O)[C@@H](O)[C@H](O)[C@H]3O. The van der Waals surface area contributed by atoms with Crippen molar-refractivity contribution in [3.05, 3.63) is 142 Å². The number of imide groups is 1. The van der Waals surface area contributed by atoms with Gasteiger partial charge in [0.2, 0.25) is 65.2 Å². The molecule has 11 amide bonds. The van der Waals surface area contributed by atoms with E-state index in [1.54, 1.807) is 0 Å². The Bertz CT molecular complexity index is 4870. The van der Waals surface area contributed by atoms with Crippen molar-refractivity contribution in [2.75, 3.05) is 25.5 Å². The molecule has 0 aromatic heterocycles. The Labute approximate surface area is 667 Å². The van der Waals surface area contributed by atoms with Gasteiger partial charge in [-0.15, -0.1) is 0 Å². The van der Waals surface area contributed by atoms with Crippen LogP contribution >= 0.6 is 11.6 Å². The highest BCUT2D eigenvalue weighted by Gasteiger charge is 2.52. The number of phenols is 3. The van der Waals surface area contributed by atoms with Crippen LogP contribution in [0.2, 0.25) is 5.02 Å². The monoisotopic (exact) mass is 1620 g/mol. The van der Waals surface area contributed by atoms with Crippen molar-refractivity contribution in [2.45, 2.75) is 163 Å². The molecule has 15 atom stereocenters. The van der Waals surface area contributed by atoms with Crippen molar-refractivity contribution in [3.8, 4) is 62.9 Å². The topological polar surface area (TPSA) is 537 Å². The Morgan fingerprint density at radius 1 is 0.638 bits per heavy atom. The zero-order chi connectivity index (χ0) is 82.6. The fourth-order valence-corrected chi connectivity index (χ4v) is 17.3. The lowest BCUT2D eigenvalue weighted by Gasteiger charge is -2.54. The van der Waals surface area contributed by atoms with Gasteiger partial charge in [-0.2, -0.15) is 0 Å². The molecule has 116 heavy (non-hydrogen) atoms. The van der Waals surface area contributed by atoms with E-state index >= 15 is 28.8 Å². The van der Waals surface area contributed by atoms with Crippen LogP contribution in [0.15, 0.2) is 103 Å². The maximum atomic E-state index is 16.4. The summed E-state index contributed by atoms with van der Waals surface area (Å²) in [6.45, 7) is 5.23. The molecular formula is C80H89ClN12O23.